The molecule has 11 heteroatoms. The maximum absolute atomic E-state index is 13.6. The van der Waals surface area contributed by atoms with Crippen LogP contribution in [0.4, 0.5) is 13.2 Å². The topological polar surface area (TPSA) is 71.2 Å². The number of benzene rings is 2. The minimum absolute atomic E-state index is 0.0729. The van der Waals surface area contributed by atoms with Crippen LogP contribution in [-0.4, -0.2) is 29.6 Å². The van der Waals surface area contributed by atoms with E-state index in [2.05, 4.69) is 4.98 Å². The zero-order chi connectivity index (χ0) is 22.9. The second kappa shape index (κ2) is 8.98. The van der Waals surface area contributed by atoms with Crippen molar-refractivity contribution in [2.75, 3.05) is 6.61 Å². The SMILES string of the molecule is CCOC(=O)c1cc2cc(C(=O)NC(c3ccc(Cl)c(Cl)c3)C(F)(F)F)[nH]c2cc1Cl. The van der Waals surface area contributed by atoms with Gasteiger partial charge < -0.3 is 15.0 Å². The van der Waals surface area contributed by atoms with Crippen LogP contribution >= 0.6 is 34.8 Å². The van der Waals surface area contributed by atoms with Crippen LogP contribution in [0.1, 0.15) is 39.4 Å². The highest BCUT2D eigenvalue weighted by Gasteiger charge is 2.42. The summed E-state index contributed by atoms with van der Waals surface area (Å²) in [6.45, 7) is 1.77. The zero-order valence-electron chi connectivity index (χ0n) is 15.7. The number of amides is 1. The van der Waals surface area contributed by atoms with Crippen LogP contribution < -0.4 is 5.32 Å². The number of alkyl halides is 3. The van der Waals surface area contributed by atoms with Gasteiger partial charge in [0, 0.05) is 10.9 Å². The van der Waals surface area contributed by atoms with E-state index in [1.165, 1.54) is 24.3 Å². The number of aromatic nitrogens is 1. The number of aromatic amines is 1. The molecule has 0 bridgehead atoms. The van der Waals surface area contributed by atoms with Gasteiger partial charge >= 0.3 is 12.1 Å². The molecule has 5 nitrogen and oxygen atoms in total. The van der Waals surface area contributed by atoms with Crippen LogP contribution in [-0.2, 0) is 4.74 Å². The number of halogens is 6. The molecule has 3 aromatic rings. The fourth-order valence-corrected chi connectivity index (χ4v) is 3.44. The first kappa shape index (κ1) is 23.2. The van der Waals surface area contributed by atoms with Crippen LogP contribution in [0.5, 0.6) is 0 Å². The Morgan fingerprint density at radius 3 is 2.39 bits per heavy atom. The summed E-state index contributed by atoms with van der Waals surface area (Å²) < 4.78 is 45.8. The number of rotatable bonds is 5. The van der Waals surface area contributed by atoms with Crippen LogP contribution in [0, 0.1) is 0 Å². The first-order valence-electron chi connectivity index (χ1n) is 8.83. The second-order valence-electron chi connectivity index (χ2n) is 6.44. The summed E-state index contributed by atoms with van der Waals surface area (Å²) in [7, 11) is 0. The van der Waals surface area contributed by atoms with Gasteiger partial charge in [-0.05, 0) is 42.8 Å². The molecule has 1 amide bonds. The normalized spacial score (nSPS) is 12.6. The lowest BCUT2D eigenvalue weighted by atomic mass is 10.1. The number of ether oxygens (including phenoxy) is 1. The zero-order valence-corrected chi connectivity index (χ0v) is 18.0. The van der Waals surface area contributed by atoms with Crippen LogP contribution in [0.2, 0.25) is 15.1 Å². The van der Waals surface area contributed by atoms with E-state index in [9.17, 15) is 22.8 Å². The molecule has 1 heterocycles. The molecule has 0 aliphatic rings. The number of hydrogen-bond acceptors (Lipinski definition) is 3. The molecule has 0 spiro atoms. The Bertz CT molecular complexity index is 1160. The number of esters is 1. The molecule has 2 N–H and O–H groups in total. The van der Waals surface area contributed by atoms with Crippen molar-refractivity contribution in [3.63, 3.8) is 0 Å². The maximum Gasteiger partial charge on any atom is 0.412 e. The average molecular weight is 494 g/mol. The summed E-state index contributed by atoms with van der Waals surface area (Å²) in [6.07, 6.45) is -4.79. The van der Waals surface area contributed by atoms with Crippen molar-refractivity contribution in [2.24, 2.45) is 0 Å². The largest absolute Gasteiger partial charge is 0.462 e. The quantitative estimate of drug-likeness (QED) is 0.408. The Hall–Kier alpha value is -2.42. The lowest BCUT2D eigenvalue weighted by Gasteiger charge is -2.22. The van der Waals surface area contributed by atoms with Gasteiger partial charge in [-0.25, -0.2) is 4.79 Å². The van der Waals surface area contributed by atoms with Gasteiger partial charge in [-0.2, -0.15) is 13.2 Å². The van der Waals surface area contributed by atoms with Crippen LogP contribution in [0.3, 0.4) is 0 Å². The third-order valence-corrected chi connectivity index (χ3v) is 5.38. The van der Waals surface area contributed by atoms with Gasteiger partial charge in [0.1, 0.15) is 5.69 Å². The second-order valence-corrected chi connectivity index (χ2v) is 7.67. The van der Waals surface area contributed by atoms with E-state index in [0.29, 0.717) is 10.9 Å². The van der Waals surface area contributed by atoms with E-state index < -0.39 is 24.1 Å². The third kappa shape index (κ3) is 5.08. The molecule has 0 saturated heterocycles. The van der Waals surface area contributed by atoms with E-state index >= 15 is 0 Å². The van der Waals surface area contributed by atoms with Gasteiger partial charge in [0.2, 0.25) is 0 Å². The summed E-state index contributed by atoms with van der Waals surface area (Å²) in [5.74, 6) is -1.67. The highest BCUT2D eigenvalue weighted by Crippen LogP contribution is 2.36. The molecule has 1 unspecified atom stereocenters. The molecular weight excluding hydrogens is 480 g/mol. The molecule has 0 saturated carbocycles. The van der Waals surface area contributed by atoms with E-state index in [4.69, 9.17) is 39.5 Å². The van der Waals surface area contributed by atoms with Crippen molar-refractivity contribution < 1.29 is 27.5 Å². The van der Waals surface area contributed by atoms with E-state index in [0.717, 1.165) is 12.1 Å². The Morgan fingerprint density at radius 1 is 1.06 bits per heavy atom. The maximum atomic E-state index is 13.6. The lowest BCUT2D eigenvalue weighted by molar-refractivity contribution is -0.155. The summed E-state index contributed by atoms with van der Waals surface area (Å²) >= 11 is 17.7. The van der Waals surface area contributed by atoms with Crippen molar-refractivity contribution in [3.8, 4) is 0 Å². The predicted molar refractivity (Wildman–Crippen MR) is 112 cm³/mol. The lowest BCUT2D eigenvalue weighted by Crippen LogP contribution is -2.38. The van der Waals surface area contributed by atoms with E-state index in [1.807, 2.05) is 5.32 Å². The van der Waals surface area contributed by atoms with Gasteiger partial charge in [0.05, 0.1) is 27.2 Å². The number of hydrogen-bond donors (Lipinski definition) is 2. The number of carbonyl (C=O) groups excluding carboxylic acids is 2. The summed E-state index contributed by atoms with van der Waals surface area (Å²) in [6, 6.07) is 5.16. The molecule has 2 aromatic carbocycles. The monoisotopic (exact) mass is 492 g/mol. The number of carbonyl (C=O) groups is 2. The smallest absolute Gasteiger partial charge is 0.412 e. The molecule has 0 aliphatic heterocycles. The summed E-state index contributed by atoms with van der Waals surface area (Å²) in [5.41, 5.74) is 0.00707. The Balaban J connectivity index is 1.93. The number of fused-ring (bicyclic) bond motifs is 1. The van der Waals surface area contributed by atoms with Gasteiger partial charge in [-0.15, -0.1) is 0 Å². The molecule has 1 atom stereocenters. The molecule has 3 rings (SSSR count). The average Bonchev–Trinajstić information content (AvgIpc) is 3.09. The Kier molecular flexibility index (Phi) is 6.73. The molecule has 1 aromatic heterocycles. The Morgan fingerprint density at radius 2 is 1.77 bits per heavy atom. The summed E-state index contributed by atoms with van der Waals surface area (Å²) in [4.78, 5) is 27.2. The first-order chi connectivity index (χ1) is 14.5. The minimum Gasteiger partial charge on any atom is -0.462 e. The van der Waals surface area contributed by atoms with Crippen LogP contribution in [0.15, 0.2) is 36.4 Å². The van der Waals surface area contributed by atoms with E-state index in [1.54, 1.807) is 6.92 Å². The van der Waals surface area contributed by atoms with Crippen molar-refractivity contribution in [1.82, 2.24) is 10.3 Å². The molecule has 0 fully saturated rings. The third-order valence-electron chi connectivity index (χ3n) is 4.33. The van der Waals surface area contributed by atoms with Gasteiger partial charge in [0.25, 0.3) is 5.91 Å². The minimum atomic E-state index is -4.79. The fraction of sp³-hybridized carbons (Fsp3) is 0.200. The highest BCUT2D eigenvalue weighted by atomic mass is 35.5. The van der Waals surface area contributed by atoms with E-state index in [-0.39, 0.29) is 38.5 Å². The van der Waals surface area contributed by atoms with Crippen LogP contribution in [0.25, 0.3) is 10.9 Å². The summed E-state index contributed by atoms with van der Waals surface area (Å²) in [5, 5.41) is 2.43. The molecular formula is C20H14Cl3F3N2O3. The standard InChI is InChI=1S/C20H14Cl3F3N2O3/c1-2-31-19(30)11-5-10-7-16(27-15(10)8-13(11)22)18(29)28-17(20(24,25)26)9-3-4-12(21)14(23)6-9/h3-8,17,27H,2H2,1H3,(H,28,29). The highest BCUT2D eigenvalue weighted by molar-refractivity contribution is 6.42. The first-order valence-corrected chi connectivity index (χ1v) is 9.96. The van der Waals surface area contributed by atoms with Crippen molar-refractivity contribution in [3.05, 3.63) is 68.3 Å². The number of H-pyrrole nitrogens is 1. The van der Waals surface area contributed by atoms with Crippen molar-refractivity contribution in [1.29, 1.82) is 0 Å². The van der Waals surface area contributed by atoms with Gasteiger partial charge in [0.15, 0.2) is 6.04 Å². The molecule has 31 heavy (non-hydrogen) atoms. The van der Waals surface area contributed by atoms with Gasteiger partial charge in [-0.3, -0.25) is 4.79 Å². The molecule has 164 valence electrons. The van der Waals surface area contributed by atoms with Crippen molar-refractivity contribution in [2.45, 2.75) is 19.1 Å². The fourth-order valence-electron chi connectivity index (χ4n) is 2.90. The number of nitrogens with one attached hydrogen (secondary N) is 2. The van der Waals surface area contributed by atoms with Crippen molar-refractivity contribution >= 4 is 57.6 Å². The predicted octanol–water partition coefficient (Wildman–Crippen LogP) is 6.34. The Labute approximate surface area is 189 Å². The molecule has 0 radical (unpaired) electrons. The molecule has 0 aliphatic carbocycles. The van der Waals surface area contributed by atoms with Gasteiger partial charge in [-0.1, -0.05) is 40.9 Å².